The molecular formula is C17H22N4O8S. The summed E-state index contributed by atoms with van der Waals surface area (Å²) in [5, 5.41) is 24.1. The number of carbonyl (C=O) groups excluding carboxylic acids is 2. The number of anilines is 1. The molecule has 1 atom stereocenters. The summed E-state index contributed by atoms with van der Waals surface area (Å²) in [4.78, 5) is 61.2. The van der Waals surface area contributed by atoms with Crippen LogP contribution in [0.25, 0.3) is 0 Å². The molecule has 164 valence electrons. The third kappa shape index (κ3) is 4.74. The molecule has 2 rings (SSSR count). The molecule has 1 aliphatic rings. The van der Waals surface area contributed by atoms with Gasteiger partial charge in [-0.1, -0.05) is 5.16 Å². The highest BCUT2D eigenvalue weighted by atomic mass is 32.1. The maximum absolute atomic E-state index is 12.9. The number of hydroxylamine groups is 2. The van der Waals surface area contributed by atoms with Crippen LogP contribution in [0.1, 0.15) is 39.8 Å². The van der Waals surface area contributed by atoms with Crippen molar-refractivity contribution >= 4 is 45.8 Å². The Balaban J connectivity index is 2.22. The fourth-order valence-corrected chi connectivity index (χ4v) is 3.16. The Morgan fingerprint density at radius 2 is 2.00 bits per heavy atom. The summed E-state index contributed by atoms with van der Waals surface area (Å²) in [7, 11) is 0. The van der Waals surface area contributed by atoms with Crippen LogP contribution in [0, 0.1) is 5.92 Å². The van der Waals surface area contributed by atoms with Crippen molar-refractivity contribution in [3.63, 3.8) is 0 Å². The highest BCUT2D eigenvalue weighted by Crippen LogP contribution is 2.40. The number of oxime groups is 1. The monoisotopic (exact) mass is 442 g/mol. The summed E-state index contributed by atoms with van der Waals surface area (Å²) in [5.41, 5.74) is 2.77. The number of amides is 1. The normalized spacial score (nSPS) is 18.7. The second kappa shape index (κ2) is 8.36. The number of β-lactam (4-membered cyclic amide) rings is 1. The van der Waals surface area contributed by atoms with Gasteiger partial charge in [0.05, 0.1) is 11.5 Å². The van der Waals surface area contributed by atoms with E-state index in [4.69, 9.17) is 25.6 Å². The second-order valence-electron chi connectivity index (χ2n) is 7.55. The Bertz CT molecular complexity index is 907. The van der Waals surface area contributed by atoms with Gasteiger partial charge < -0.3 is 20.8 Å². The Labute approximate surface area is 175 Å². The van der Waals surface area contributed by atoms with Gasteiger partial charge in [-0.2, -0.15) is 0 Å². The van der Waals surface area contributed by atoms with Crippen LogP contribution in [-0.4, -0.2) is 67.3 Å². The third-order valence-corrected chi connectivity index (χ3v) is 5.16. The number of ketones is 1. The quantitative estimate of drug-likeness (QED) is 0.262. The van der Waals surface area contributed by atoms with Gasteiger partial charge in [-0.3, -0.25) is 14.4 Å². The molecule has 0 aromatic carbocycles. The number of hydrogen-bond acceptors (Lipinski definition) is 10. The molecule has 1 saturated heterocycles. The van der Waals surface area contributed by atoms with Gasteiger partial charge in [0, 0.05) is 11.8 Å². The number of nitrogens with zero attached hydrogens (tertiary/aromatic N) is 3. The lowest BCUT2D eigenvalue weighted by Gasteiger charge is -2.51. The number of aliphatic carboxylic acids is 2. The standard InChI is InChI=1S/C17H22N4O8S/c1-16(2)8(13(25)21(16)28-6-11(23)24)5-10(22)12(9-7-30-15(18)19-9)20-29-17(3,4)14(26)27/h7-8H,5-6H2,1-4H3,(H2,18,19)(H,23,24)(H,26,27)/b20-12-/t8-/m1/s1. The second-order valence-corrected chi connectivity index (χ2v) is 8.44. The van der Waals surface area contributed by atoms with E-state index in [1.165, 1.54) is 19.2 Å². The van der Waals surface area contributed by atoms with Crippen LogP contribution < -0.4 is 5.73 Å². The van der Waals surface area contributed by atoms with Crippen LogP contribution in [0.3, 0.4) is 0 Å². The zero-order valence-electron chi connectivity index (χ0n) is 16.7. The molecule has 1 aromatic heterocycles. The smallest absolute Gasteiger partial charge is 0.350 e. The summed E-state index contributed by atoms with van der Waals surface area (Å²) in [6.45, 7) is 5.06. The number of nitrogens with two attached hydrogens (primary N) is 1. The Hall–Kier alpha value is -3.06. The molecule has 12 nitrogen and oxygen atoms in total. The summed E-state index contributed by atoms with van der Waals surface area (Å²) >= 11 is 1.05. The van der Waals surface area contributed by atoms with Crippen LogP contribution in [0.15, 0.2) is 10.5 Å². The molecule has 1 aliphatic heterocycles. The first-order chi connectivity index (χ1) is 13.8. The van der Waals surface area contributed by atoms with Gasteiger partial charge >= 0.3 is 11.9 Å². The molecular weight excluding hydrogens is 420 g/mol. The Morgan fingerprint density at radius 3 is 2.47 bits per heavy atom. The number of carboxylic acids is 2. The number of thiazole rings is 1. The van der Waals surface area contributed by atoms with Crippen molar-refractivity contribution in [3.05, 3.63) is 11.1 Å². The summed E-state index contributed by atoms with van der Waals surface area (Å²) in [6.07, 6.45) is -0.300. The molecule has 30 heavy (non-hydrogen) atoms. The van der Waals surface area contributed by atoms with E-state index in [0.717, 1.165) is 16.4 Å². The zero-order valence-corrected chi connectivity index (χ0v) is 17.6. The van der Waals surface area contributed by atoms with E-state index in [2.05, 4.69) is 10.1 Å². The van der Waals surface area contributed by atoms with E-state index in [9.17, 15) is 19.2 Å². The predicted molar refractivity (Wildman–Crippen MR) is 103 cm³/mol. The summed E-state index contributed by atoms with van der Waals surface area (Å²) < 4.78 is 0. The van der Waals surface area contributed by atoms with Gasteiger partial charge in [-0.15, -0.1) is 11.3 Å². The Kier molecular flexibility index (Phi) is 6.47. The van der Waals surface area contributed by atoms with Crippen molar-refractivity contribution in [1.29, 1.82) is 0 Å². The molecule has 0 unspecified atom stereocenters. The first kappa shape index (κ1) is 23.2. The molecule has 1 aromatic rings. The summed E-state index contributed by atoms with van der Waals surface area (Å²) in [5.74, 6) is -4.53. The fraction of sp³-hybridized carbons (Fsp3) is 0.529. The molecule has 2 heterocycles. The molecule has 1 fully saturated rings. The van der Waals surface area contributed by atoms with Gasteiger partial charge in [-0.05, 0) is 27.7 Å². The highest BCUT2D eigenvalue weighted by molar-refractivity contribution is 7.13. The average molecular weight is 442 g/mol. The van der Waals surface area contributed by atoms with Crippen molar-refractivity contribution in [2.45, 2.75) is 45.3 Å². The van der Waals surface area contributed by atoms with Crippen molar-refractivity contribution in [1.82, 2.24) is 10.0 Å². The van der Waals surface area contributed by atoms with Crippen LogP contribution in [0.4, 0.5) is 5.13 Å². The molecule has 0 spiro atoms. The first-order valence-corrected chi connectivity index (χ1v) is 9.58. The number of rotatable bonds is 10. The number of carbonyl (C=O) groups is 4. The summed E-state index contributed by atoms with van der Waals surface area (Å²) in [6, 6.07) is 0. The minimum Gasteiger partial charge on any atom is -0.479 e. The lowest BCUT2D eigenvalue weighted by molar-refractivity contribution is -0.267. The molecule has 4 N–H and O–H groups in total. The van der Waals surface area contributed by atoms with Crippen LogP contribution in [0.5, 0.6) is 0 Å². The number of nitrogen functional groups attached to an aromatic ring is 1. The number of aromatic nitrogens is 1. The van der Waals surface area contributed by atoms with Gasteiger partial charge in [0.2, 0.25) is 5.60 Å². The molecule has 1 amide bonds. The lowest BCUT2D eigenvalue weighted by Crippen LogP contribution is -2.68. The van der Waals surface area contributed by atoms with Crippen molar-refractivity contribution < 1.29 is 39.1 Å². The maximum atomic E-state index is 12.9. The first-order valence-electron chi connectivity index (χ1n) is 8.70. The largest absolute Gasteiger partial charge is 0.479 e. The van der Waals surface area contributed by atoms with E-state index in [0.29, 0.717) is 0 Å². The average Bonchev–Trinajstić information content (AvgIpc) is 3.05. The predicted octanol–water partition coefficient (Wildman–Crippen LogP) is 0.522. The number of hydrogen-bond donors (Lipinski definition) is 3. The van der Waals surface area contributed by atoms with E-state index in [1.54, 1.807) is 13.8 Å². The molecule has 0 radical (unpaired) electrons. The molecule has 0 bridgehead atoms. The molecule has 0 saturated carbocycles. The minimum atomic E-state index is -1.71. The fourth-order valence-electron chi connectivity index (χ4n) is 2.61. The maximum Gasteiger partial charge on any atom is 0.350 e. The van der Waals surface area contributed by atoms with Crippen molar-refractivity contribution in [2.75, 3.05) is 12.3 Å². The SMILES string of the molecule is CC(C)(O/N=C(\C(=O)C[C@@H]1C(=O)N(OCC(=O)O)C1(C)C)c1csc(N)n1)C(=O)O. The molecule has 13 heteroatoms. The van der Waals surface area contributed by atoms with Crippen LogP contribution in [-0.2, 0) is 28.9 Å². The van der Waals surface area contributed by atoms with E-state index in [-0.39, 0.29) is 23.0 Å². The van der Waals surface area contributed by atoms with Crippen LogP contribution >= 0.6 is 11.3 Å². The topological polar surface area (TPSA) is 182 Å². The van der Waals surface area contributed by atoms with E-state index >= 15 is 0 Å². The number of carboxylic acid groups (broad SMARTS) is 2. The van der Waals surface area contributed by atoms with Crippen molar-refractivity contribution in [3.8, 4) is 0 Å². The lowest BCUT2D eigenvalue weighted by atomic mass is 9.74. The van der Waals surface area contributed by atoms with E-state index < -0.39 is 47.3 Å². The van der Waals surface area contributed by atoms with E-state index in [1.807, 2.05) is 0 Å². The molecule has 0 aliphatic carbocycles. The van der Waals surface area contributed by atoms with Crippen LogP contribution in [0.2, 0.25) is 0 Å². The zero-order chi connectivity index (χ0) is 22.9. The third-order valence-electron chi connectivity index (χ3n) is 4.49. The van der Waals surface area contributed by atoms with Gasteiger partial charge in [0.25, 0.3) is 5.91 Å². The van der Waals surface area contributed by atoms with Gasteiger partial charge in [0.15, 0.2) is 23.2 Å². The minimum absolute atomic E-state index is 0.0900. The van der Waals surface area contributed by atoms with Crippen molar-refractivity contribution in [2.24, 2.45) is 11.1 Å². The van der Waals surface area contributed by atoms with Gasteiger partial charge in [-0.25, -0.2) is 19.6 Å². The number of Topliss-reactive ketones (excluding diaryl/α,β-unsaturated/α-hetero) is 1. The Morgan fingerprint density at radius 1 is 1.37 bits per heavy atom. The highest BCUT2D eigenvalue weighted by Gasteiger charge is 2.56. The van der Waals surface area contributed by atoms with Gasteiger partial charge in [0.1, 0.15) is 5.69 Å².